The number of amides is 3. The summed E-state index contributed by atoms with van der Waals surface area (Å²) in [6.07, 6.45) is 2.62. The highest BCUT2D eigenvalue weighted by Crippen LogP contribution is 2.31. The van der Waals surface area contributed by atoms with E-state index in [0.717, 1.165) is 29.3 Å². The Labute approximate surface area is 201 Å². The molecule has 0 unspecified atom stereocenters. The number of rotatable bonds is 3. The predicted molar refractivity (Wildman–Crippen MR) is 116 cm³/mol. The lowest BCUT2D eigenvalue weighted by atomic mass is 10.0. The van der Waals surface area contributed by atoms with Crippen LogP contribution >= 0.6 is 0 Å². The molecule has 3 aliphatic rings. The summed E-state index contributed by atoms with van der Waals surface area (Å²) in [5.41, 5.74) is -0.306. The van der Waals surface area contributed by atoms with Crippen LogP contribution in [0.5, 0.6) is 0 Å². The number of benzene rings is 1. The number of aromatic nitrogens is 2. The lowest BCUT2D eigenvalue weighted by Crippen LogP contribution is -2.58. The molecule has 0 N–H and O–H groups in total. The van der Waals surface area contributed by atoms with Crippen molar-refractivity contribution in [1.29, 1.82) is 0 Å². The zero-order valence-electron chi connectivity index (χ0n) is 18.8. The summed E-state index contributed by atoms with van der Waals surface area (Å²) in [6.45, 7) is -0.705. The van der Waals surface area contributed by atoms with E-state index in [0.29, 0.717) is 6.42 Å². The third-order valence-corrected chi connectivity index (χ3v) is 6.19. The fraction of sp³-hybridized carbons (Fsp3) is 0.409. The normalized spacial score (nSPS) is 21.1. The number of hydrogen-bond acceptors (Lipinski definition) is 6. The van der Waals surface area contributed by atoms with Crippen molar-refractivity contribution >= 4 is 24.1 Å². The summed E-state index contributed by atoms with van der Waals surface area (Å²) in [6, 6.07) is 1.97. The zero-order chi connectivity index (χ0) is 25.6. The van der Waals surface area contributed by atoms with E-state index in [-0.39, 0.29) is 37.7 Å². The number of hydrogen-bond donors (Lipinski definition) is 0. The van der Waals surface area contributed by atoms with Crippen molar-refractivity contribution in [2.45, 2.75) is 18.4 Å². The number of urea groups is 1. The van der Waals surface area contributed by atoms with Gasteiger partial charge in [-0.25, -0.2) is 41.7 Å². The van der Waals surface area contributed by atoms with Crippen molar-refractivity contribution in [3.63, 3.8) is 0 Å². The minimum absolute atomic E-state index is 0.0337. The lowest BCUT2D eigenvalue weighted by Gasteiger charge is -2.38. The van der Waals surface area contributed by atoms with Gasteiger partial charge in [0.15, 0.2) is 11.5 Å². The molecule has 2 fully saturated rings. The molecule has 3 amide bonds. The van der Waals surface area contributed by atoms with Gasteiger partial charge in [-0.05, 0) is 17.7 Å². The van der Waals surface area contributed by atoms with Gasteiger partial charge in [0, 0.05) is 44.9 Å². The molecule has 1 aromatic heterocycles. The maximum absolute atomic E-state index is 14.2. The number of alkyl halides is 2. The summed E-state index contributed by atoms with van der Waals surface area (Å²) in [5, 5.41) is 5.26. The molecule has 5 rings (SSSR count). The second-order valence-corrected chi connectivity index (χ2v) is 8.74. The first-order valence-electron chi connectivity index (χ1n) is 11.1. The van der Waals surface area contributed by atoms with Gasteiger partial charge in [0.1, 0.15) is 11.6 Å². The first kappa shape index (κ1) is 23.9. The van der Waals surface area contributed by atoms with Gasteiger partial charge in [-0.15, -0.1) is 0 Å². The molecule has 3 aliphatic heterocycles. The Hall–Kier alpha value is -3.84. The Morgan fingerprint density at radius 3 is 2.25 bits per heavy atom. The molecule has 36 heavy (non-hydrogen) atoms. The van der Waals surface area contributed by atoms with Crippen molar-refractivity contribution < 1.29 is 31.5 Å². The first-order valence-corrected chi connectivity index (χ1v) is 11.1. The van der Waals surface area contributed by atoms with Crippen molar-refractivity contribution in [1.82, 2.24) is 24.8 Å². The van der Waals surface area contributed by atoms with Crippen LogP contribution < -0.4 is 4.90 Å². The molecule has 0 bridgehead atoms. The Morgan fingerprint density at radius 2 is 1.61 bits per heavy atom. The maximum atomic E-state index is 14.2. The van der Waals surface area contributed by atoms with Crippen LogP contribution in [0.15, 0.2) is 29.5 Å². The third kappa shape index (κ3) is 4.54. The minimum atomic E-state index is -2.99. The standard InChI is InChI=1S/C22H20F5N7O2/c23-14-7-13(8-15(24)9-14)17-1-2-29-34(17)21(36)32-5-3-31(4-6-32)20-28-10-16(25)18(30-20)19(35)33-11-22(26,27)12-33/h2,7-10,17H,1,3-6,11-12H2/t17-/m0/s1. The maximum Gasteiger partial charge on any atom is 0.341 e. The summed E-state index contributed by atoms with van der Waals surface area (Å²) in [4.78, 5) is 37.3. The zero-order valence-corrected chi connectivity index (χ0v) is 18.8. The Bertz CT molecular complexity index is 1210. The van der Waals surface area contributed by atoms with Gasteiger partial charge >= 0.3 is 6.03 Å². The van der Waals surface area contributed by atoms with Crippen molar-refractivity contribution in [3.8, 4) is 0 Å². The number of carbonyl (C=O) groups excluding carboxylic acids is 2. The highest BCUT2D eigenvalue weighted by Gasteiger charge is 2.47. The summed E-state index contributed by atoms with van der Waals surface area (Å²) < 4.78 is 67.7. The predicted octanol–water partition coefficient (Wildman–Crippen LogP) is 2.66. The topological polar surface area (TPSA) is 85.2 Å². The van der Waals surface area contributed by atoms with Crippen LogP contribution in [0.1, 0.15) is 28.5 Å². The van der Waals surface area contributed by atoms with E-state index in [9.17, 15) is 31.5 Å². The van der Waals surface area contributed by atoms with Gasteiger partial charge in [0.05, 0.1) is 25.3 Å². The van der Waals surface area contributed by atoms with Crippen LogP contribution in [0, 0.1) is 17.5 Å². The highest BCUT2D eigenvalue weighted by atomic mass is 19.3. The summed E-state index contributed by atoms with van der Waals surface area (Å²) in [5.74, 6) is -6.42. The molecule has 2 saturated heterocycles. The van der Waals surface area contributed by atoms with Crippen LogP contribution in [-0.2, 0) is 0 Å². The van der Waals surface area contributed by atoms with Crippen LogP contribution in [0.25, 0.3) is 0 Å². The van der Waals surface area contributed by atoms with E-state index in [2.05, 4.69) is 15.1 Å². The van der Waals surface area contributed by atoms with E-state index in [1.54, 1.807) is 4.90 Å². The molecular weight excluding hydrogens is 489 g/mol. The largest absolute Gasteiger partial charge is 0.341 e. The van der Waals surface area contributed by atoms with E-state index in [1.807, 2.05) is 0 Å². The molecule has 1 aromatic carbocycles. The Kier molecular flexibility index (Phi) is 5.96. The molecule has 4 heterocycles. The number of piperazine rings is 1. The highest BCUT2D eigenvalue weighted by molar-refractivity contribution is 5.93. The van der Waals surface area contributed by atoms with E-state index in [1.165, 1.54) is 16.1 Å². The quantitative estimate of drug-likeness (QED) is 0.595. The lowest BCUT2D eigenvalue weighted by molar-refractivity contribution is -0.113. The van der Waals surface area contributed by atoms with Gasteiger partial charge in [-0.3, -0.25) is 4.79 Å². The second-order valence-electron chi connectivity index (χ2n) is 8.74. The Morgan fingerprint density at radius 1 is 0.944 bits per heavy atom. The molecule has 1 atom stereocenters. The Balaban J connectivity index is 1.24. The molecule has 0 aliphatic carbocycles. The summed E-state index contributed by atoms with van der Waals surface area (Å²) in [7, 11) is 0. The molecule has 14 heteroatoms. The fourth-order valence-corrected chi connectivity index (χ4v) is 4.35. The van der Waals surface area contributed by atoms with Gasteiger partial charge in [0.2, 0.25) is 5.95 Å². The second kappa shape index (κ2) is 8.99. The first-order chi connectivity index (χ1) is 17.1. The number of nitrogens with zero attached hydrogens (tertiary/aromatic N) is 7. The minimum Gasteiger partial charge on any atom is -0.337 e. The van der Waals surface area contributed by atoms with Crippen LogP contribution in [0.2, 0.25) is 0 Å². The number of likely N-dealkylation sites (tertiary alicyclic amines) is 1. The van der Waals surface area contributed by atoms with Crippen molar-refractivity contribution in [3.05, 3.63) is 53.1 Å². The average molecular weight is 509 g/mol. The number of hydrazone groups is 1. The van der Waals surface area contributed by atoms with Gasteiger partial charge in [-0.2, -0.15) is 5.10 Å². The van der Waals surface area contributed by atoms with Crippen molar-refractivity contribution in [2.24, 2.45) is 5.10 Å². The molecule has 0 spiro atoms. The van der Waals surface area contributed by atoms with Crippen LogP contribution in [0.4, 0.5) is 32.7 Å². The molecule has 0 radical (unpaired) electrons. The smallest absolute Gasteiger partial charge is 0.337 e. The number of carbonyl (C=O) groups is 2. The fourth-order valence-electron chi connectivity index (χ4n) is 4.35. The average Bonchev–Trinajstić information content (AvgIpc) is 3.31. The number of halogens is 5. The van der Waals surface area contributed by atoms with E-state index < -0.39 is 60.1 Å². The van der Waals surface area contributed by atoms with E-state index in [4.69, 9.17) is 0 Å². The van der Waals surface area contributed by atoms with Gasteiger partial charge < -0.3 is 14.7 Å². The monoisotopic (exact) mass is 509 g/mol. The number of anilines is 1. The van der Waals surface area contributed by atoms with Crippen LogP contribution in [-0.4, -0.2) is 88.1 Å². The van der Waals surface area contributed by atoms with Crippen LogP contribution in [0.3, 0.4) is 0 Å². The molecule has 9 nitrogen and oxygen atoms in total. The molecule has 190 valence electrons. The summed E-state index contributed by atoms with van der Waals surface area (Å²) >= 11 is 0. The SMILES string of the molecule is O=C(c1nc(N2CCN(C(=O)N3N=CC[C@H]3c3cc(F)cc(F)c3)CC2)ncc1F)N1CC(F)(F)C1. The molecule has 0 saturated carbocycles. The van der Waals surface area contributed by atoms with E-state index >= 15 is 0 Å². The molecular formula is C22H20F5N7O2. The van der Waals surface area contributed by atoms with Gasteiger partial charge in [0.25, 0.3) is 11.8 Å². The molecule has 2 aromatic rings. The van der Waals surface area contributed by atoms with Gasteiger partial charge in [-0.1, -0.05) is 0 Å². The van der Waals surface area contributed by atoms with Crippen molar-refractivity contribution in [2.75, 3.05) is 44.2 Å². The third-order valence-electron chi connectivity index (χ3n) is 6.19.